The van der Waals surface area contributed by atoms with E-state index in [9.17, 15) is 0 Å². The van der Waals surface area contributed by atoms with Crippen molar-refractivity contribution in [3.63, 3.8) is 0 Å². The normalized spacial score (nSPS) is 28.8. The van der Waals surface area contributed by atoms with E-state index in [2.05, 4.69) is 13.8 Å². The summed E-state index contributed by atoms with van der Waals surface area (Å²) in [6.07, 6.45) is 23.0. The van der Waals surface area contributed by atoms with Gasteiger partial charge in [-0.15, -0.1) is 0 Å². The molecule has 0 N–H and O–H groups in total. The average molecular weight is 351 g/mol. The van der Waals surface area contributed by atoms with Crippen molar-refractivity contribution < 1.29 is 0 Å². The monoisotopic (exact) mass is 350 g/mol. The molecular weight excluding hydrogens is 300 g/mol. The van der Waals surface area contributed by atoms with E-state index in [1.54, 1.807) is 44.9 Å². The Kier molecular flexibility index (Phi) is 10.7. The van der Waals surface area contributed by atoms with Crippen LogP contribution in [0, 0.1) is 22.7 Å². The summed E-state index contributed by atoms with van der Waals surface area (Å²) in [5.41, 5.74) is 1.74. The van der Waals surface area contributed by atoms with Crippen LogP contribution >= 0.6 is 0 Å². The maximum atomic E-state index is 2.40. The molecule has 4 aliphatic rings. The predicted molar refractivity (Wildman–Crippen MR) is 115 cm³/mol. The third kappa shape index (κ3) is 6.00. The molecule has 150 valence electrons. The topological polar surface area (TPSA) is 0 Å². The van der Waals surface area contributed by atoms with Gasteiger partial charge in [0, 0.05) is 0 Å². The molecule has 1 atom stereocenters. The van der Waals surface area contributed by atoms with Crippen LogP contribution in [0.2, 0.25) is 0 Å². The van der Waals surface area contributed by atoms with Gasteiger partial charge in [-0.25, -0.2) is 0 Å². The Morgan fingerprint density at radius 3 is 1.52 bits per heavy atom. The first kappa shape index (κ1) is 23.0. The van der Waals surface area contributed by atoms with E-state index in [0.717, 1.165) is 22.7 Å². The highest BCUT2D eigenvalue weighted by atomic mass is 14.5. The lowest BCUT2D eigenvalue weighted by Crippen LogP contribution is -2.41. The van der Waals surface area contributed by atoms with E-state index >= 15 is 0 Å². The number of hydrogen-bond donors (Lipinski definition) is 0. The van der Waals surface area contributed by atoms with Crippen molar-refractivity contribution in [2.75, 3.05) is 0 Å². The van der Waals surface area contributed by atoms with Crippen molar-refractivity contribution >= 4 is 0 Å². The summed E-state index contributed by atoms with van der Waals surface area (Å²) in [7, 11) is 0. The SMILES string of the molecule is CC.CC.CC1CC2(CCCCC2)C1.CCC1CCC12CCCCC2. The highest BCUT2D eigenvalue weighted by molar-refractivity contribution is 4.96. The van der Waals surface area contributed by atoms with Crippen molar-refractivity contribution in [3.05, 3.63) is 0 Å². The van der Waals surface area contributed by atoms with Gasteiger partial charge >= 0.3 is 0 Å². The fourth-order valence-corrected chi connectivity index (χ4v) is 6.44. The van der Waals surface area contributed by atoms with Crippen LogP contribution in [-0.4, -0.2) is 0 Å². The van der Waals surface area contributed by atoms with E-state index in [-0.39, 0.29) is 0 Å². The van der Waals surface area contributed by atoms with E-state index < -0.39 is 0 Å². The molecule has 0 heterocycles. The van der Waals surface area contributed by atoms with Gasteiger partial charge in [0.15, 0.2) is 0 Å². The molecule has 0 aromatic rings. The van der Waals surface area contributed by atoms with Crippen LogP contribution in [0.25, 0.3) is 0 Å². The molecule has 0 nitrogen and oxygen atoms in total. The Hall–Kier alpha value is 0. The lowest BCUT2D eigenvalue weighted by molar-refractivity contribution is -0.0111. The van der Waals surface area contributed by atoms with Crippen LogP contribution in [-0.2, 0) is 0 Å². The first-order valence-corrected chi connectivity index (χ1v) is 12.2. The summed E-state index contributed by atoms with van der Waals surface area (Å²) >= 11 is 0. The van der Waals surface area contributed by atoms with Gasteiger partial charge < -0.3 is 0 Å². The molecule has 1 unspecified atom stereocenters. The molecule has 0 aromatic heterocycles. The van der Waals surface area contributed by atoms with Crippen molar-refractivity contribution in [2.45, 2.75) is 138 Å². The van der Waals surface area contributed by atoms with Crippen molar-refractivity contribution in [2.24, 2.45) is 22.7 Å². The van der Waals surface area contributed by atoms with Gasteiger partial charge in [-0.2, -0.15) is 0 Å². The van der Waals surface area contributed by atoms with Crippen molar-refractivity contribution in [1.82, 2.24) is 0 Å². The van der Waals surface area contributed by atoms with Gasteiger partial charge in [-0.3, -0.25) is 0 Å². The lowest BCUT2D eigenvalue weighted by atomic mass is 9.53. The molecule has 0 aliphatic heterocycles. The van der Waals surface area contributed by atoms with Gasteiger partial charge in [0.05, 0.1) is 0 Å². The summed E-state index contributed by atoms with van der Waals surface area (Å²) in [4.78, 5) is 0. The van der Waals surface area contributed by atoms with E-state index in [4.69, 9.17) is 0 Å². The Labute approximate surface area is 160 Å². The summed E-state index contributed by atoms with van der Waals surface area (Å²) in [5, 5.41) is 0. The number of rotatable bonds is 1. The Morgan fingerprint density at radius 1 is 0.680 bits per heavy atom. The molecule has 2 spiro atoms. The van der Waals surface area contributed by atoms with Gasteiger partial charge in [0.25, 0.3) is 0 Å². The smallest absolute Gasteiger partial charge is 0.0269 e. The quantitative estimate of drug-likeness (QED) is 0.442. The van der Waals surface area contributed by atoms with Gasteiger partial charge in [-0.1, -0.05) is 86.5 Å². The summed E-state index contributed by atoms with van der Waals surface area (Å²) < 4.78 is 0. The van der Waals surface area contributed by atoms with Crippen molar-refractivity contribution in [3.8, 4) is 0 Å². The second-order valence-corrected chi connectivity index (χ2v) is 9.14. The first-order valence-electron chi connectivity index (χ1n) is 12.2. The summed E-state index contributed by atoms with van der Waals surface area (Å²) in [6.45, 7) is 12.8. The average Bonchev–Trinajstić information content (AvgIpc) is 2.66. The maximum Gasteiger partial charge on any atom is -0.0269 e. The Morgan fingerprint density at radius 2 is 1.16 bits per heavy atom. The zero-order valence-electron chi connectivity index (χ0n) is 18.8. The minimum atomic E-state index is 0.868. The molecule has 0 amide bonds. The molecule has 0 radical (unpaired) electrons. The molecule has 0 heteroatoms. The third-order valence-electron chi connectivity index (χ3n) is 7.68. The molecule has 4 aliphatic carbocycles. The second-order valence-electron chi connectivity index (χ2n) is 9.14. The predicted octanol–water partition coefficient (Wildman–Crippen LogP) is 9.18. The molecule has 4 fully saturated rings. The minimum absolute atomic E-state index is 0.868. The van der Waals surface area contributed by atoms with Crippen LogP contribution < -0.4 is 0 Å². The van der Waals surface area contributed by atoms with Gasteiger partial charge in [0.2, 0.25) is 0 Å². The Bertz CT molecular complexity index is 299. The molecule has 4 saturated carbocycles. The van der Waals surface area contributed by atoms with E-state index in [1.165, 1.54) is 51.4 Å². The highest BCUT2D eigenvalue weighted by Crippen LogP contribution is 2.57. The highest BCUT2D eigenvalue weighted by Gasteiger charge is 2.45. The Balaban J connectivity index is 0.000000210. The zero-order chi connectivity index (χ0) is 18.8. The first-order chi connectivity index (χ1) is 12.2. The second kappa shape index (κ2) is 11.7. The molecule has 0 bridgehead atoms. The van der Waals surface area contributed by atoms with Gasteiger partial charge in [-0.05, 0) is 74.0 Å². The molecule has 25 heavy (non-hydrogen) atoms. The van der Waals surface area contributed by atoms with Crippen LogP contribution in [0.4, 0.5) is 0 Å². The summed E-state index contributed by atoms with van der Waals surface area (Å²) in [6, 6.07) is 0. The standard InChI is InChI=1S/C11H20.C10H18.2C2H6/c1-2-10-6-9-11(10)7-4-3-5-8-11;1-9-7-10(8-9)5-3-2-4-6-10;2*1-2/h10H,2-9H2,1H3;9H,2-8H2,1H3;2*1-2H3. The summed E-state index contributed by atoms with van der Waals surface area (Å²) in [5.74, 6) is 2.17. The zero-order valence-corrected chi connectivity index (χ0v) is 18.8. The van der Waals surface area contributed by atoms with Crippen molar-refractivity contribution in [1.29, 1.82) is 0 Å². The van der Waals surface area contributed by atoms with Crippen LogP contribution in [0.1, 0.15) is 138 Å². The maximum absolute atomic E-state index is 2.40. The van der Waals surface area contributed by atoms with Crippen LogP contribution in [0.15, 0.2) is 0 Å². The van der Waals surface area contributed by atoms with E-state index in [0.29, 0.717) is 0 Å². The van der Waals surface area contributed by atoms with Gasteiger partial charge in [0.1, 0.15) is 0 Å². The molecule has 4 rings (SSSR count). The minimum Gasteiger partial charge on any atom is -0.0683 e. The fraction of sp³-hybridized carbons (Fsp3) is 1.00. The van der Waals surface area contributed by atoms with Crippen LogP contribution in [0.3, 0.4) is 0 Å². The van der Waals surface area contributed by atoms with E-state index in [1.807, 2.05) is 27.7 Å². The molecular formula is C25H50. The molecule has 0 saturated heterocycles. The third-order valence-corrected chi connectivity index (χ3v) is 7.68. The largest absolute Gasteiger partial charge is 0.0683 e. The molecule has 0 aromatic carbocycles. The fourth-order valence-electron chi connectivity index (χ4n) is 6.44. The lowest BCUT2D eigenvalue weighted by Gasteiger charge is -2.52. The number of hydrogen-bond acceptors (Lipinski definition) is 0. The van der Waals surface area contributed by atoms with Crippen LogP contribution in [0.5, 0.6) is 0 Å².